The Morgan fingerprint density at radius 2 is 1.78 bits per heavy atom. The van der Waals surface area contributed by atoms with E-state index in [9.17, 15) is 4.79 Å². The average molecular weight is 370 g/mol. The number of ether oxygens (including phenoxy) is 1. The van der Waals surface area contributed by atoms with E-state index in [2.05, 4.69) is 35.6 Å². The lowest BCUT2D eigenvalue weighted by atomic mass is 9.42. The van der Waals surface area contributed by atoms with Crippen LogP contribution in [-0.2, 0) is 14.9 Å². The molecule has 4 aliphatic carbocycles. The molecule has 1 aromatic carbocycles. The van der Waals surface area contributed by atoms with E-state index in [4.69, 9.17) is 4.74 Å². The molecule has 2 N–H and O–H groups in total. The van der Waals surface area contributed by atoms with Crippen molar-refractivity contribution in [2.45, 2.75) is 43.9 Å². The molecule has 0 spiro atoms. The molecule has 6 rings (SSSR count). The van der Waals surface area contributed by atoms with Crippen molar-refractivity contribution in [3.05, 3.63) is 35.9 Å². The van der Waals surface area contributed by atoms with Crippen molar-refractivity contribution in [2.24, 2.45) is 17.3 Å². The van der Waals surface area contributed by atoms with Crippen molar-refractivity contribution in [1.82, 2.24) is 5.32 Å². The standard InChI is InChI=1S/C23H32N2O2/c26-21(24-6-7-25-8-10-27-11-9-25)23-15-18-12-19(16-23)14-22(13-18,17-23)20-4-2-1-3-5-20/h1-5,18-19H,6-17H2,(H,24,26)/p+1/t18-,19+,22?,23?. The maximum Gasteiger partial charge on any atom is 0.226 e. The number of hydrogen-bond acceptors (Lipinski definition) is 2. The number of nitrogens with one attached hydrogen (secondary N) is 2. The minimum absolute atomic E-state index is 0.111. The fourth-order valence-electron chi connectivity index (χ4n) is 7.11. The quantitative estimate of drug-likeness (QED) is 0.827. The molecule has 146 valence electrons. The van der Waals surface area contributed by atoms with Crippen molar-refractivity contribution in [2.75, 3.05) is 39.4 Å². The molecule has 5 aliphatic rings. The van der Waals surface area contributed by atoms with Gasteiger partial charge >= 0.3 is 0 Å². The van der Waals surface area contributed by atoms with E-state index in [1.54, 1.807) is 4.90 Å². The van der Waals surface area contributed by atoms with E-state index >= 15 is 0 Å². The lowest BCUT2D eigenvalue weighted by molar-refractivity contribution is -0.906. The molecule has 2 unspecified atom stereocenters. The zero-order valence-corrected chi connectivity index (χ0v) is 16.3. The van der Waals surface area contributed by atoms with Crippen molar-refractivity contribution in [1.29, 1.82) is 0 Å². The zero-order valence-electron chi connectivity index (χ0n) is 16.3. The zero-order chi connectivity index (χ0) is 18.3. The van der Waals surface area contributed by atoms with E-state index in [1.807, 2.05) is 0 Å². The molecular weight excluding hydrogens is 336 g/mol. The van der Waals surface area contributed by atoms with Crippen LogP contribution in [0.4, 0.5) is 0 Å². The smallest absolute Gasteiger partial charge is 0.226 e. The second kappa shape index (κ2) is 6.89. The Kier molecular flexibility index (Phi) is 4.52. The number of quaternary nitrogens is 1. The summed E-state index contributed by atoms with van der Waals surface area (Å²) in [4.78, 5) is 14.9. The molecule has 1 aliphatic heterocycles. The van der Waals surface area contributed by atoms with Gasteiger partial charge < -0.3 is 15.0 Å². The summed E-state index contributed by atoms with van der Waals surface area (Å²) in [7, 11) is 0. The highest BCUT2D eigenvalue weighted by molar-refractivity contribution is 5.83. The first kappa shape index (κ1) is 17.7. The molecule has 4 heteroatoms. The molecule has 0 aromatic heterocycles. The highest BCUT2D eigenvalue weighted by Gasteiger charge is 2.60. The number of carbonyl (C=O) groups excluding carboxylic acids is 1. The van der Waals surface area contributed by atoms with E-state index < -0.39 is 0 Å². The predicted molar refractivity (Wildman–Crippen MR) is 105 cm³/mol. The second-order valence-corrected chi connectivity index (χ2v) is 9.76. The van der Waals surface area contributed by atoms with Crippen LogP contribution in [0.1, 0.15) is 44.1 Å². The number of morpholine rings is 1. The monoisotopic (exact) mass is 369 g/mol. The summed E-state index contributed by atoms with van der Waals surface area (Å²) in [6, 6.07) is 11.1. The molecule has 27 heavy (non-hydrogen) atoms. The summed E-state index contributed by atoms with van der Waals surface area (Å²) in [5, 5.41) is 3.36. The molecular formula is C23H33N2O2+. The summed E-state index contributed by atoms with van der Waals surface area (Å²) in [5.74, 6) is 1.83. The third-order valence-electron chi connectivity index (χ3n) is 7.89. The minimum Gasteiger partial charge on any atom is -0.370 e. The fourth-order valence-corrected chi connectivity index (χ4v) is 7.11. The van der Waals surface area contributed by atoms with Crippen LogP contribution in [0.25, 0.3) is 0 Å². The summed E-state index contributed by atoms with van der Waals surface area (Å²) in [6.45, 7) is 5.70. The lowest BCUT2D eigenvalue weighted by Crippen LogP contribution is -3.14. The van der Waals surface area contributed by atoms with Crippen LogP contribution in [0.5, 0.6) is 0 Å². The maximum atomic E-state index is 13.4. The predicted octanol–water partition coefficient (Wildman–Crippen LogP) is 1.56. The van der Waals surface area contributed by atoms with Crippen LogP contribution in [0.2, 0.25) is 0 Å². The van der Waals surface area contributed by atoms with Gasteiger partial charge in [-0.3, -0.25) is 4.79 Å². The Morgan fingerprint density at radius 1 is 1.07 bits per heavy atom. The van der Waals surface area contributed by atoms with Gasteiger partial charge in [0, 0.05) is 0 Å². The highest BCUT2D eigenvalue weighted by atomic mass is 16.5. The molecule has 5 fully saturated rings. The van der Waals surface area contributed by atoms with Gasteiger partial charge in [0.2, 0.25) is 5.91 Å². The van der Waals surface area contributed by atoms with Crippen molar-refractivity contribution in [3.63, 3.8) is 0 Å². The molecule has 4 nitrogen and oxygen atoms in total. The SMILES string of the molecule is O=C(NCC[NH+]1CCOCC1)C12C[C@H]3C[C@@H](C1)CC(c1ccccc1)(C3)C2. The third-order valence-corrected chi connectivity index (χ3v) is 7.89. The molecule has 0 radical (unpaired) electrons. The number of amides is 1. The number of hydrogen-bond donors (Lipinski definition) is 2. The van der Waals surface area contributed by atoms with Gasteiger partial charge in [0.15, 0.2) is 0 Å². The largest absolute Gasteiger partial charge is 0.370 e. The maximum absolute atomic E-state index is 13.4. The first-order chi connectivity index (χ1) is 13.2. The summed E-state index contributed by atoms with van der Waals surface area (Å²) in [5.41, 5.74) is 1.62. The van der Waals surface area contributed by atoms with E-state index in [0.29, 0.717) is 5.91 Å². The van der Waals surface area contributed by atoms with E-state index in [0.717, 1.165) is 70.5 Å². The highest BCUT2D eigenvalue weighted by Crippen LogP contribution is 2.65. The molecule has 1 heterocycles. The van der Waals surface area contributed by atoms with Crippen LogP contribution < -0.4 is 10.2 Å². The molecule has 1 amide bonds. The Balaban J connectivity index is 1.29. The van der Waals surface area contributed by atoms with Crippen LogP contribution in [0.3, 0.4) is 0 Å². The normalized spacial score (nSPS) is 38.1. The van der Waals surface area contributed by atoms with E-state index in [1.165, 1.54) is 24.8 Å². The minimum atomic E-state index is -0.111. The number of rotatable bonds is 5. The van der Waals surface area contributed by atoms with Crippen molar-refractivity contribution >= 4 is 5.91 Å². The van der Waals surface area contributed by atoms with Gasteiger partial charge in [-0.05, 0) is 61.3 Å². The Bertz CT molecular complexity index is 669. The van der Waals surface area contributed by atoms with Crippen LogP contribution in [-0.4, -0.2) is 45.3 Å². The fraction of sp³-hybridized carbons (Fsp3) is 0.696. The number of carbonyl (C=O) groups is 1. The van der Waals surface area contributed by atoms with Crippen LogP contribution >= 0.6 is 0 Å². The van der Waals surface area contributed by atoms with Gasteiger partial charge in [0.25, 0.3) is 0 Å². The first-order valence-electron chi connectivity index (χ1n) is 10.9. The van der Waals surface area contributed by atoms with Crippen LogP contribution in [0.15, 0.2) is 30.3 Å². The third kappa shape index (κ3) is 3.21. The average Bonchev–Trinajstić information content (AvgIpc) is 2.68. The topological polar surface area (TPSA) is 42.8 Å². The molecule has 4 bridgehead atoms. The van der Waals surface area contributed by atoms with Crippen molar-refractivity contribution in [3.8, 4) is 0 Å². The molecule has 1 aromatic rings. The van der Waals surface area contributed by atoms with E-state index in [-0.39, 0.29) is 10.8 Å². The Hall–Kier alpha value is -1.39. The van der Waals surface area contributed by atoms with Gasteiger partial charge in [0.05, 0.1) is 31.7 Å². The summed E-state index contributed by atoms with van der Waals surface area (Å²) < 4.78 is 5.44. The summed E-state index contributed by atoms with van der Waals surface area (Å²) in [6.07, 6.45) is 7.23. The van der Waals surface area contributed by atoms with Gasteiger partial charge in [-0.25, -0.2) is 0 Å². The van der Waals surface area contributed by atoms with Gasteiger partial charge in [-0.1, -0.05) is 30.3 Å². The molecule has 1 saturated heterocycles. The summed E-state index contributed by atoms with van der Waals surface area (Å²) >= 11 is 0. The second-order valence-electron chi connectivity index (χ2n) is 9.76. The lowest BCUT2D eigenvalue weighted by Gasteiger charge is -2.61. The molecule has 4 atom stereocenters. The molecule has 4 saturated carbocycles. The van der Waals surface area contributed by atoms with Gasteiger partial charge in [-0.15, -0.1) is 0 Å². The first-order valence-corrected chi connectivity index (χ1v) is 10.9. The van der Waals surface area contributed by atoms with Gasteiger partial charge in [-0.2, -0.15) is 0 Å². The Labute approximate surface area is 162 Å². The van der Waals surface area contributed by atoms with Crippen molar-refractivity contribution < 1.29 is 14.4 Å². The Morgan fingerprint density at radius 3 is 2.48 bits per heavy atom. The van der Waals surface area contributed by atoms with Gasteiger partial charge in [0.1, 0.15) is 13.1 Å². The van der Waals surface area contributed by atoms with Crippen LogP contribution in [0, 0.1) is 17.3 Å². The number of benzene rings is 1.